The average Bonchev–Trinajstić information content (AvgIpc) is 2.87. The lowest BCUT2D eigenvalue weighted by Gasteiger charge is -2.35. The Morgan fingerprint density at radius 1 is 0.939 bits per heavy atom. The Labute approximate surface area is 194 Å². The third-order valence-corrected chi connectivity index (χ3v) is 5.86. The van der Waals surface area contributed by atoms with Crippen molar-refractivity contribution in [3.05, 3.63) is 41.6 Å². The van der Waals surface area contributed by atoms with Gasteiger partial charge in [0.25, 0.3) is 0 Å². The number of hydrogen-bond acceptors (Lipinski definition) is 8. The monoisotopic (exact) mass is 453 g/mol. The van der Waals surface area contributed by atoms with Gasteiger partial charge in [0.15, 0.2) is 11.5 Å². The van der Waals surface area contributed by atoms with Crippen LogP contribution >= 0.6 is 0 Å². The summed E-state index contributed by atoms with van der Waals surface area (Å²) in [4.78, 5) is 28.4. The van der Waals surface area contributed by atoms with Crippen LogP contribution in [0.5, 0.6) is 11.5 Å². The Balaban J connectivity index is 1.36. The minimum Gasteiger partial charge on any atom is -0.493 e. The molecule has 2 aliphatic heterocycles. The van der Waals surface area contributed by atoms with E-state index in [-0.39, 0.29) is 5.91 Å². The van der Waals surface area contributed by atoms with Gasteiger partial charge in [0, 0.05) is 57.1 Å². The SMILES string of the molecule is COc1ccc(/C=C/C(=O)N2CCN(c3nc(C)cc(N4CCOCC4)n3)CC2)cc1OC. The third-order valence-electron chi connectivity index (χ3n) is 5.86. The molecular formula is C24H31N5O4. The molecule has 33 heavy (non-hydrogen) atoms. The van der Waals surface area contributed by atoms with Crippen LogP contribution in [-0.2, 0) is 9.53 Å². The van der Waals surface area contributed by atoms with Crippen molar-refractivity contribution < 1.29 is 19.0 Å². The van der Waals surface area contributed by atoms with Crippen molar-refractivity contribution in [1.29, 1.82) is 0 Å². The maximum absolute atomic E-state index is 12.7. The first-order valence-electron chi connectivity index (χ1n) is 11.2. The van der Waals surface area contributed by atoms with Crippen LogP contribution in [0.25, 0.3) is 6.08 Å². The normalized spacial score (nSPS) is 16.9. The van der Waals surface area contributed by atoms with Gasteiger partial charge in [-0.2, -0.15) is 4.98 Å². The molecule has 0 bridgehead atoms. The van der Waals surface area contributed by atoms with Crippen molar-refractivity contribution in [2.75, 3.05) is 76.5 Å². The predicted octanol–water partition coefficient (Wildman–Crippen LogP) is 2.00. The molecule has 1 aromatic carbocycles. The molecule has 0 radical (unpaired) electrons. The minimum atomic E-state index is -0.0106. The van der Waals surface area contributed by atoms with E-state index in [9.17, 15) is 4.79 Å². The number of carbonyl (C=O) groups excluding carboxylic acids is 1. The highest BCUT2D eigenvalue weighted by Gasteiger charge is 2.23. The van der Waals surface area contributed by atoms with Gasteiger partial charge in [0.2, 0.25) is 11.9 Å². The Kier molecular flexibility index (Phi) is 7.29. The number of amides is 1. The predicted molar refractivity (Wildman–Crippen MR) is 127 cm³/mol. The summed E-state index contributed by atoms with van der Waals surface area (Å²) in [6.07, 6.45) is 3.41. The van der Waals surface area contributed by atoms with Gasteiger partial charge in [-0.3, -0.25) is 4.79 Å². The summed E-state index contributed by atoms with van der Waals surface area (Å²) in [5.41, 5.74) is 1.82. The average molecular weight is 454 g/mol. The lowest BCUT2D eigenvalue weighted by atomic mass is 10.2. The van der Waals surface area contributed by atoms with Crippen LogP contribution in [0.4, 0.5) is 11.8 Å². The molecule has 0 atom stereocenters. The summed E-state index contributed by atoms with van der Waals surface area (Å²) in [6.45, 7) is 7.75. The Morgan fingerprint density at radius 3 is 2.36 bits per heavy atom. The second-order valence-corrected chi connectivity index (χ2v) is 8.03. The molecule has 4 rings (SSSR count). The number of anilines is 2. The lowest BCUT2D eigenvalue weighted by molar-refractivity contribution is -0.126. The Hall–Kier alpha value is -3.33. The summed E-state index contributed by atoms with van der Waals surface area (Å²) < 4.78 is 16.0. The van der Waals surface area contributed by atoms with Crippen LogP contribution < -0.4 is 19.3 Å². The molecule has 3 heterocycles. The zero-order valence-corrected chi connectivity index (χ0v) is 19.5. The van der Waals surface area contributed by atoms with Crippen LogP contribution in [0.3, 0.4) is 0 Å². The number of methoxy groups -OCH3 is 2. The van der Waals surface area contributed by atoms with Crippen molar-refractivity contribution >= 4 is 23.7 Å². The number of ether oxygens (including phenoxy) is 3. The topological polar surface area (TPSA) is 80.3 Å². The van der Waals surface area contributed by atoms with E-state index >= 15 is 0 Å². The lowest BCUT2D eigenvalue weighted by Crippen LogP contribution is -2.49. The molecule has 0 unspecified atom stereocenters. The van der Waals surface area contributed by atoms with Gasteiger partial charge in [0.1, 0.15) is 5.82 Å². The molecule has 0 N–H and O–H groups in total. The second-order valence-electron chi connectivity index (χ2n) is 8.03. The quantitative estimate of drug-likeness (QED) is 0.615. The fraction of sp³-hybridized carbons (Fsp3) is 0.458. The highest BCUT2D eigenvalue weighted by Crippen LogP contribution is 2.28. The van der Waals surface area contributed by atoms with E-state index in [1.807, 2.05) is 36.1 Å². The zero-order chi connectivity index (χ0) is 23.2. The molecule has 9 heteroatoms. The molecular weight excluding hydrogens is 422 g/mol. The standard InChI is InChI=1S/C24H31N5O4/c1-18-16-22(27-12-14-33-15-13-27)26-24(25-18)29-10-8-28(9-11-29)23(30)7-5-19-4-6-20(31-2)21(17-19)32-3/h4-7,16-17H,8-15H2,1-3H3/b7-5+. The van der Waals surface area contributed by atoms with E-state index in [2.05, 4.69) is 14.8 Å². The first kappa shape index (κ1) is 22.8. The molecule has 0 saturated carbocycles. The molecule has 2 aliphatic rings. The van der Waals surface area contributed by atoms with E-state index in [1.54, 1.807) is 26.4 Å². The number of benzene rings is 1. The van der Waals surface area contributed by atoms with Crippen LogP contribution in [0.15, 0.2) is 30.3 Å². The second kappa shape index (κ2) is 10.5. The molecule has 176 valence electrons. The molecule has 2 aromatic rings. The van der Waals surface area contributed by atoms with Gasteiger partial charge >= 0.3 is 0 Å². The highest BCUT2D eigenvalue weighted by atomic mass is 16.5. The number of rotatable bonds is 6. The molecule has 0 spiro atoms. The van der Waals surface area contributed by atoms with Gasteiger partial charge < -0.3 is 28.9 Å². The van der Waals surface area contributed by atoms with Gasteiger partial charge in [-0.15, -0.1) is 0 Å². The van der Waals surface area contributed by atoms with Crippen molar-refractivity contribution in [3.63, 3.8) is 0 Å². The highest BCUT2D eigenvalue weighted by molar-refractivity contribution is 5.92. The largest absolute Gasteiger partial charge is 0.493 e. The molecule has 2 saturated heterocycles. The van der Waals surface area contributed by atoms with Crippen molar-refractivity contribution in [2.24, 2.45) is 0 Å². The van der Waals surface area contributed by atoms with Crippen LogP contribution in [0.1, 0.15) is 11.3 Å². The first-order chi connectivity index (χ1) is 16.1. The van der Waals surface area contributed by atoms with Gasteiger partial charge in [-0.25, -0.2) is 4.98 Å². The number of morpholine rings is 1. The van der Waals surface area contributed by atoms with Gasteiger partial charge in [-0.1, -0.05) is 6.07 Å². The first-order valence-corrected chi connectivity index (χ1v) is 11.2. The van der Waals surface area contributed by atoms with Crippen molar-refractivity contribution in [2.45, 2.75) is 6.92 Å². The van der Waals surface area contributed by atoms with E-state index in [0.29, 0.717) is 37.7 Å². The third kappa shape index (κ3) is 5.54. The van der Waals surface area contributed by atoms with E-state index in [1.165, 1.54) is 0 Å². The number of aryl methyl sites for hydroxylation is 1. The van der Waals surface area contributed by atoms with Gasteiger partial charge in [0.05, 0.1) is 27.4 Å². The summed E-state index contributed by atoms with van der Waals surface area (Å²) >= 11 is 0. The van der Waals surface area contributed by atoms with E-state index in [0.717, 1.165) is 49.3 Å². The summed E-state index contributed by atoms with van der Waals surface area (Å²) in [5, 5.41) is 0. The van der Waals surface area contributed by atoms with Crippen LogP contribution in [0, 0.1) is 6.92 Å². The Morgan fingerprint density at radius 2 is 1.67 bits per heavy atom. The summed E-state index contributed by atoms with van der Waals surface area (Å²) in [5.74, 6) is 2.95. The number of carbonyl (C=O) groups is 1. The maximum atomic E-state index is 12.7. The van der Waals surface area contributed by atoms with Crippen LogP contribution in [-0.4, -0.2) is 87.5 Å². The molecule has 1 amide bonds. The van der Waals surface area contributed by atoms with E-state index in [4.69, 9.17) is 19.2 Å². The number of nitrogens with zero attached hydrogens (tertiary/aromatic N) is 5. The van der Waals surface area contributed by atoms with Crippen molar-refractivity contribution in [1.82, 2.24) is 14.9 Å². The smallest absolute Gasteiger partial charge is 0.246 e. The molecule has 2 fully saturated rings. The Bertz CT molecular complexity index is 998. The molecule has 0 aliphatic carbocycles. The van der Waals surface area contributed by atoms with Crippen LogP contribution in [0.2, 0.25) is 0 Å². The minimum absolute atomic E-state index is 0.0106. The zero-order valence-electron chi connectivity index (χ0n) is 19.5. The molecule has 1 aromatic heterocycles. The molecule has 9 nitrogen and oxygen atoms in total. The fourth-order valence-corrected chi connectivity index (χ4v) is 3.99. The maximum Gasteiger partial charge on any atom is 0.246 e. The van der Waals surface area contributed by atoms with Crippen molar-refractivity contribution in [3.8, 4) is 11.5 Å². The number of aromatic nitrogens is 2. The fourth-order valence-electron chi connectivity index (χ4n) is 3.99. The van der Waals surface area contributed by atoms with E-state index < -0.39 is 0 Å². The summed E-state index contributed by atoms with van der Waals surface area (Å²) in [7, 11) is 3.19. The number of hydrogen-bond donors (Lipinski definition) is 0. The van der Waals surface area contributed by atoms with Gasteiger partial charge in [-0.05, 0) is 30.7 Å². The number of piperazine rings is 1. The summed E-state index contributed by atoms with van der Waals surface area (Å²) in [6, 6.07) is 7.59.